The van der Waals surface area contributed by atoms with Crippen molar-refractivity contribution in [3.05, 3.63) is 65.4 Å². The highest BCUT2D eigenvalue weighted by atomic mass is 35.5. The Kier molecular flexibility index (Phi) is 5.64. The molecular formula is C17H15ClO5S. The fraction of sp³-hybridized carbons (Fsp3) is 0.118. The molecule has 0 amide bonds. The van der Waals surface area contributed by atoms with Gasteiger partial charge in [0.25, 0.3) is 0 Å². The molecular weight excluding hydrogens is 352 g/mol. The number of carbonyl (C=O) groups is 1. The molecule has 2 aromatic carbocycles. The lowest BCUT2D eigenvalue weighted by molar-refractivity contribution is -0.134. The Hall–Kier alpha value is -2.31. The number of rotatable bonds is 5. The number of esters is 1. The molecule has 0 spiro atoms. The maximum Gasteiger partial charge on any atom is 0.308 e. The van der Waals surface area contributed by atoms with Gasteiger partial charge in [0.2, 0.25) is 0 Å². The lowest BCUT2D eigenvalue weighted by atomic mass is 10.2. The predicted molar refractivity (Wildman–Crippen MR) is 91.4 cm³/mol. The standard InChI is InChI=1S/C17H15ClO5S/c1-12(19)23-17(11-22-15-7-5-14(18)6-8-15)13-3-9-16(10-4-13)24(2,20)21/h3-11H,1-2H3/b17-11+. The number of ether oxygens (including phenoxy) is 2. The van der Waals surface area contributed by atoms with E-state index in [1.54, 1.807) is 24.3 Å². The molecule has 0 atom stereocenters. The van der Waals surface area contributed by atoms with Gasteiger partial charge in [-0.05, 0) is 48.5 Å². The summed E-state index contributed by atoms with van der Waals surface area (Å²) in [5, 5.41) is 0.572. The zero-order valence-corrected chi connectivity index (χ0v) is 14.6. The highest BCUT2D eigenvalue weighted by molar-refractivity contribution is 7.90. The number of benzene rings is 2. The van der Waals surface area contributed by atoms with E-state index in [1.807, 2.05) is 0 Å². The highest BCUT2D eigenvalue weighted by Crippen LogP contribution is 2.21. The van der Waals surface area contributed by atoms with Crippen LogP contribution in [-0.2, 0) is 19.4 Å². The Morgan fingerprint density at radius 1 is 1.04 bits per heavy atom. The Balaban J connectivity index is 2.28. The molecule has 0 saturated carbocycles. The molecule has 0 heterocycles. The van der Waals surface area contributed by atoms with Crippen LogP contribution in [0.5, 0.6) is 5.75 Å². The molecule has 0 fully saturated rings. The van der Waals surface area contributed by atoms with E-state index in [0.717, 1.165) is 6.26 Å². The Labute approximate surface area is 145 Å². The molecule has 0 aliphatic heterocycles. The van der Waals surface area contributed by atoms with E-state index in [1.165, 1.54) is 37.5 Å². The van der Waals surface area contributed by atoms with Crippen molar-refractivity contribution in [2.75, 3.05) is 6.26 Å². The van der Waals surface area contributed by atoms with Gasteiger partial charge in [-0.25, -0.2) is 8.42 Å². The Morgan fingerprint density at radius 3 is 2.12 bits per heavy atom. The molecule has 2 rings (SSSR count). The van der Waals surface area contributed by atoms with Crippen molar-refractivity contribution in [1.29, 1.82) is 0 Å². The fourth-order valence-electron chi connectivity index (χ4n) is 1.81. The number of hydrogen-bond donors (Lipinski definition) is 0. The van der Waals surface area contributed by atoms with Crippen LogP contribution in [0.1, 0.15) is 12.5 Å². The number of carbonyl (C=O) groups excluding carboxylic acids is 1. The van der Waals surface area contributed by atoms with E-state index in [9.17, 15) is 13.2 Å². The monoisotopic (exact) mass is 366 g/mol. The van der Waals surface area contributed by atoms with Crippen molar-refractivity contribution in [1.82, 2.24) is 0 Å². The lowest BCUT2D eigenvalue weighted by Crippen LogP contribution is -2.01. The molecule has 0 aliphatic rings. The van der Waals surface area contributed by atoms with Gasteiger partial charge >= 0.3 is 5.97 Å². The van der Waals surface area contributed by atoms with Crippen LogP contribution in [0.3, 0.4) is 0 Å². The van der Waals surface area contributed by atoms with Crippen LogP contribution < -0.4 is 4.74 Å². The quantitative estimate of drug-likeness (QED) is 0.596. The summed E-state index contributed by atoms with van der Waals surface area (Å²) in [5.74, 6) is 0.155. The molecule has 0 unspecified atom stereocenters. The van der Waals surface area contributed by atoms with Gasteiger partial charge in [-0.3, -0.25) is 4.79 Å². The van der Waals surface area contributed by atoms with Crippen LogP contribution in [0.4, 0.5) is 0 Å². The van der Waals surface area contributed by atoms with E-state index in [2.05, 4.69) is 0 Å². The molecule has 0 N–H and O–H groups in total. The Morgan fingerprint density at radius 2 is 1.62 bits per heavy atom. The molecule has 0 bridgehead atoms. The van der Waals surface area contributed by atoms with Gasteiger partial charge in [-0.15, -0.1) is 0 Å². The van der Waals surface area contributed by atoms with Gasteiger partial charge in [0.15, 0.2) is 15.6 Å². The van der Waals surface area contributed by atoms with E-state index < -0.39 is 15.8 Å². The molecule has 0 radical (unpaired) electrons. The highest BCUT2D eigenvalue weighted by Gasteiger charge is 2.11. The van der Waals surface area contributed by atoms with Crippen molar-refractivity contribution < 1.29 is 22.7 Å². The van der Waals surface area contributed by atoms with Gasteiger partial charge < -0.3 is 9.47 Å². The third kappa shape index (κ3) is 5.11. The smallest absolute Gasteiger partial charge is 0.308 e. The minimum atomic E-state index is -3.30. The van der Waals surface area contributed by atoms with Crippen LogP contribution in [0.15, 0.2) is 59.7 Å². The molecule has 126 valence electrons. The molecule has 0 aromatic heterocycles. The summed E-state index contributed by atoms with van der Waals surface area (Å²) in [5.41, 5.74) is 0.506. The van der Waals surface area contributed by atoms with Gasteiger partial charge in [0, 0.05) is 23.8 Å². The number of sulfone groups is 1. The molecule has 2 aromatic rings. The van der Waals surface area contributed by atoms with Crippen LogP contribution >= 0.6 is 11.6 Å². The summed E-state index contributed by atoms with van der Waals surface area (Å²) >= 11 is 5.80. The number of hydrogen-bond acceptors (Lipinski definition) is 5. The average Bonchev–Trinajstić information content (AvgIpc) is 2.52. The van der Waals surface area contributed by atoms with E-state index in [-0.39, 0.29) is 10.7 Å². The first-order chi connectivity index (χ1) is 11.3. The fourth-order valence-corrected chi connectivity index (χ4v) is 2.56. The van der Waals surface area contributed by atoms with E-state index >= 15 is 0 Å². The second-order valence-electron chi connectivity index (χ2n) is 4.94. The first kappa shape index (κ1) is 18.0. The summed E-state index contributed by atoms with van der Waals surface area (Å²) in [6, 6.07) is 12.6. The average molecular weight is 367 g/mol. The van der Waals surface area contributed by atoms with Crippen LogP contribution in [0, 0.1) is 0 Å². The van der Waals surface area contributed by atoms with Gasteiger partial charge in [0.1, 0.15) is 12.0 Å². The predicted octanol–water partition coefficient (Wildman–Crippen LogP) is 3.68. The van der Waals surface area contributed by atoms with Crippen molar-refractivity contribution in [2.24, 2.45) is 0 Å². The first-order valence-corrected chi connectivity index (χ1v) is 9.14. The van der Waals surface area contributed by atoms with Gasteiger partial charge in [-0.1, -0.05) is 11.6 Å². The van der Waals surface area contributed by atoms with Crippen molar-refractivity contribution >= 4 is 33.2 Å². The summed E-state index contributed by atoms with van der Waals surface area (Å²) in [7, 11) is -3.30. The van der Waals surface area contributed by atoms with Crippen LogP contribution in [0.2, 0.25) is 5.02 Å². The van der Waals surface area contributed by atoms with Crippen LogP contribution in [0.25, 0.3) is 5.76 Å². The largest absolute Gasteiger partial charge is 0.461 e. The summed E-state index contributed by atoms with van der Waals surface area (Å²) in [6.07, 6.45) is 2.40. The SMILES string of the molecule is CC(=O)O/C(=C/Oc1ccc(Cl)cc1)c1ccc(S(C)(=O)=O)cc1. The maximum absolute atomic E-state index is 11.5. The zero-order chi connectivity index (χ0) is 17.7. The maximum atomic E-state index is 11.5. The third-order valence-electron chi connectivity index (χ3n) is 2.94. The third-order valence-corrected chi connectivity index (χ3v) is 4.32. The van der Waals surface area contributed by atoms with Gasteiger partial charge in [0.05, 0.1) is 4.90 Å². The summed E-state index contributed by atoms with van der Waals surface area (Å²) in [4.78, 5) is 11.5. The topological polar surface area (TPSA) is 69.7 Å². The Bertz CT molecular complexity index is 853. The molecule has 5 nitrogen and oxygen atoms in total. The normalized spacial score (nSPS) is 11.9. The van der Waals surface area contributed by atoms with Crippen molar-refractivity contribution in [3.8, 4) is 5.75 Å². The minimum absolute atomic E-state index is 0.164. The molecule has 7 heteroatoms. The van der Waals surface area contributed by atoms with E-state index in [4.69, 9.17) is 21.1 Å². The summed E-state index contributed by atoms with van der Waals surface area (Å²) < 4.78 is 33.6. The zero-order valence-electron chi connectivity index (χ0n) is 13.0. The van der Waals surface area contributed by atoms with Crippen molar-refractivity contribution in [2.45, 2.75) is 11.8 Å². The minimum Gasteiger partial charge on any atom is -0.461 e. The van der Waals surface area contributed by atoms with E-state index in [0.29, 0.717) is 16.3 Å². The number of halogens is 1. The van der Waals surface area contributed by atoms with Crippen LogP contribution in [-0.4, -0.2) is 20.6 Å². The van der Waals surface area contributed by atoms with Crippen molar-refractivity contribution in [3.63, 3.8) is 0 Å². The second-order valence-corrected chi connectivity index (χ2v) is 7.40. The summed E-state index contributed by atoms with van der Waals surface area (Å²) in [6.45, 7) is 1.26. The molecule has 0 saturated heterocycles. The second kappa shape index (κ2) is 7.51. The first-order valence-electron chi connectivity index (χ1n) is 6.87. The lowest BCUT2D eigenvalue weighted by Gasteiger charge is -2.09. The molecule has 24 heavy (non-hydrogen) atoms. The molecule has 0 aliphatic carbocycles. The van der Waals surface area contributed by atoms with Gasteiger partial charge in [-0.2, -0.15) is 0 Å².